The van der Waals surface area contributed by atoms with Crippen LogP contribution in [0.4, 0.5) is 13.2 Å². The summed E-state index contributed by atoms with van der Waals surface area (Å²) in [7, 11) is 0.561. The first kappa shape index (κ1) is 13.9. The molecule has 0 N–H and O–H groups in total. The lowest BCUT2D eigenvalue weighted by atomic mass is 10.2. The number of carbonyl (C=O) groups excluding carboxylic acids is 1. The summed E-state index contributed by atoms with van der Waals surface area (Å²) in [6.07, 6.45) is -4.86. The number of carbonyl (C=O) groups is 1. The molecule has 17 heavy (non-hydrogen) atoms. The third-order valence-corrected chi connectivity index (χ3v) is 3.06. The van der Waals surface area contributed by atoms with Gasteiger partial charge < -0.3 is 0 Å². The lowest BCUT2D eigenvalue weighted by Gasteiger charge is -2.08. The van der Waals surface area contributed by atoms with Gasteiger partial charge in [-0.25, -0.2) is 13.4 Å². The molecule has 4 nitrogen and oxygen atoms in total. The van der Waals surface area contributed by atoms with Crippen molar-refractivity contribution in [3.8, 4) is 0 Å². The van der Waals surface area contributed by atoms with Crippen molar-refractivity contribution < 1.29 is 26.4 Å². The molecular formula is C8H5ClF3NO3S. The Balaban J connectivity index is 3.56. The number of pyridine rings is 1. The largest absolute Gasteiger partial charge is 0.433 e. The molecule has 1 aromatic heterocycles. The van der Waals surface area contributed by atoms with E-state index in [0.717, 1.165) is 6.92 Å². The molecule has 0 amide bonds. The normalized spacial score (nSPS) is 12.5. The minimum atomic E-state index is -4.86. The second-order valence-electron chi connectivity index (χ2n) is 3.07. The van der Waals surface area contributed by atoms with E-state index < -0.39 is 37.3 Å². The first-order valence-electron chi connectivity index (χ1n) is 4.06. The number of aromatic nitrogens is 1. The zero-order valence-corrected chi connectivity index (χ0v) is 9.82. The van der Waals surface area contributed by atoms with E-state index in [-0.39, 0.29) is 6.07 Å². The number of hydrogen-bond acceptors (Lipinski definition) is 4. The maximum Gasteiger partial charge on any atom is 0.433 e. The number of alkyl halides is 3. The van der Waals surface area contributed by atoms with Gasteiger partial charge in [0.15, 0.2) is 5.78 Å². The van der Waals surface area contributed by atoms with E-state index >= 15 is 0 Å². The zero-order valence-electron chi connectivity index (χ0n) is 8.25. The summed E-state index contributed by atoms with van der Waals surface area (Å²) in [5, 5.41) is 0. The highest BCUT2D eigenvalue weighted by molar-refractivity contribution is 8.13. The third kappa shape index (κ3) is 3.40. The first-order valence-corrected chi connectivity index (χ1v) is 6.37. The van der Waals surface area contributed by atoms with Crippen LogP contribution in [0.2, 0.25) is 0 Å². The molecule has 0 aromatic carbocycles. The number of halogens is 4. The van der Waals surface area contributed by atoms with Crippen molar-refractivity contribution in [3.05, 3.63) is 23.5 Å². The quantitative estimate of drug-likeness (QED) is 0.618. The highest BCUT2D eigenvalue weighted by Gasteiger charge is 2.34. The van der Waals surface area contributed by atoms with Crippen molar-refractivity contribution in [3.63, 3.8) is 0 Å². The van der Waals surface area contributed by atoms with E-state index in [2.05, 4.69) is 4.98 Å². The Labute approximate surface area is 98.8 Å². The smallest absolute Gasteiger partial charge is 0.293 e. The highest BCUT2D eigenvalue weighted by atomic mass is 35.7. The lowest BCUT2D eigenvalue weighted by Crippen LogP contribution is -2.12. The Kier molecular flexibility index (Phi) is 3.49. The van der Waals surface area contributed by atoms with Gasteiger partial charge in [0.2, 0.25) is 0 Å². The van der Waals surface area contributed by atoms with Crippen molar-refractivity contribution in [2.75, 3.05) is 0 Å². The molecule has 0 aliphatic heterocycles. The summed E-state index contributed by atoms with van der Waals surface area (Å²) in [5.74, 6) is -0.794. The zero-order chi connectivity index (χ0) is 13.4. The molecule has 1 aromatic rings. The van der Waals surface area contributed by atoms with E-state index in [1.165, 1.54) is 0 Å². The maximum absolute atomic E-state index is 12.4. The van der Waals surface area contributed by atoms with E-state index in [1.54, 1.807) is 0 Å². The molecule has 1 rings (SSSR count). The molecule has 0 saturated carbocycles. The van der Waals surface area contributed by atoms with Crippen LogP contribution >= 0.6 is 10.7 Å². The summed E-state index contributed by atoms with van der Waals surface area (Å²) in [4.78, 5) is 13.1. The molecule has 9 heteroatoms. The summed E-state index contributed by atoms with van der Waals surface area (Å²) >= 11 is 0. The predicted octanol–water partition coefficient (Wildman–Crippen LogP) is 2.23. The van der Waals surface area contributed by atoms with E-state index in [9.17, 15) is 26.4 Å². The van der Waals surface area contributed by atoms with Gasteiger partial charge in [-0.3, -0.25) is 4.79 Å². The van der Waals surface area contributed by atoms with Crippen LogP contribution in [0.15, 0.2) is 17.0 Å². The lowest BCUT2D eigenvalue weighted by molar-refractivity contribution is -0.141. The SMILES string of the molecule is CC(=O)c1cc(S(=O)(=O)Cl)cc(C(F)(F)F)n1. The van der Waals surface area contributed by atoms with Crippen LogP contribution in [-0.4, -0.2) is 19.2 Å². The number of hydrogen-bond donors (Lipinski definition) is 0. The fraction of sp³-hybridized carbons (Fsp3) is 0.250. The van der Waals surface area contributed by atoms with Crippen molar-refractivity contribution in [2.45, 2.75) is 18.0 Å². The second kappa shape index (κ2) is 4.26. The highest BCUT2D eigenvalue weighted by Crippen LogP contribution is 2.30. The van der Waals surface area contributed by atoms with Gasteiger partial charge in [0, 0.05) is 17.6 Å². The Morgan fingerprint density at radius 2 is 1.88 bits per heavy atom. The summed E-state index contributed by atoms with van der Waals surface area (Å²) in [6, 6.07) is 0.967. The number of ketones is 1. The van der Waals surface area contributed by atoms with Gasteiger partial charge in [0.25, 0.3) is 9.05 Å². The summed E-state index contributed by atoms with van der Waals surface area (Å²) in [6.45, 7) is 0.965. The van der Waals surface area contributed by atoms with E-state index in [1.807, 2.05) is 0 Å². The monoisotopic (exact) mass is 287 g/mol. The predicted molar refractivity (Wildman–Crippen MR) is 52.3 cm³/mol. The molecule has 0 spiro atoms. The van der Waals surface area contributed by atoms with Crippen LogP contribution in [0.5, 0.6) is 0 Å². The fourth-order valence-electron chi connectivity index (χ4n) is 0.972. The van der Waals surface area contributed by atoms with Gasteiger partial charge in [0.05, 0.1) is 4.90 Å². The molecule has 94 valence electrons. The molecule has 0 radical (unpaired) electrons. The Hall–Kier alpha value is -1.15. The molecule has 0 bridgehead atoms. The maximum atomic E-state index is 12.4. The first-order chi connectivity index (χ1) is 7.51. The minimum absolute atomic E-state index is 0.273. The molecular weight excluding hydrogens is 283 g/mol. The summed E-state index contributed by atoms with van der Waals surface area (Å²) in [5.41, 5.74) is -2.09. The Morgan fingerprint density at radius 3 is 2.24 bits per heavy atom. The van der Waals surface area contributed by atoms with Crippen LogP contribution in [-0.2, 0) is 15.2 Å². The van der Waals surface area contributed by atoms with Crippen molar-refractivity contribution in [2.24, 2.45) is 0 Å². The van der Waals surface area contributed by atoms with Crippen molar-refractivity contribution in [1.29, 1.82) is 0 Å². The number of rotatable bonds is 2. The molecule has 0 saturated heterocycles. The van der Waals surface area contributed by atoms with Crippen LogP contribution < -0.4 is 0 Å². The number of Topliss-reactive ketones (excluding diaryl/α,β-unsaturated/α-hetero) is 1. The average molecular weight is 288 g/mol. The average Bonchev–Trinajstić information content (AvgIpc) is 2.14. The molecule has 0 unspecified atom stereocenters. The standard InChI is InChI=1S/C8H5ClF3NO3S/c1-4(14)6-2-5(17(9,15)16)3-7(13-6)8(10,11)12/h2-3H,1H3. The Bertz CT molecular complexity index is 568. The van der Waals surface area contributed by atoms with Gasteiger partial charge in [-0.05, 0) is 12.1 Å². The summed E-state index contributed by atoms with van der Waals surface area (Å²) < 4.78 is 59.1. The van der Waals surface area contributed by atoms with Crippen LogP contribution in [0.1, 0.15) is 23.1 Å². The minimum Gasteiger partial charge on any atom is -0.293 e. The number of nitrogens with zero attached hydrogens (tertiary/aromatic N) is 1. The topological polar surface area (TPSA) is 64.1 Å². The molecule has 0 aliphatic rings. The Morgan fingerprint density at radius 1 is 1.35 bits per heavy atom. The van der Waals surface area contributed by atoms with Gasteiger partial charge in [-0.15, -0.1) is 0 Å². The van der Waals surface area contributed by atoms with Gasteiger partial charge >= 0.3 is 6.18 Å². The second-order valence-corrected chi connectivity index (χ2v) is 5.63. The molecule has 0 fully saturated rings. The molecule has 1 heterocycles. The van der Waals surface area contributed by atoms with Gasteiger partial charge in [-0.2, -0.15) is 13.2 Å². The van der Waals surface area contributed by atoms with Gasteiger partial charge in [0.1, 0.15) is 11.4 Å². The molecule has 0 atom stereocenters. The van der Waals surface area contributed by atoms with E-state index in [0.29, 0.717) is 6.07 Å². The van der Waals surface area contributed by atoms with Gasteiger partial charge in [-0.1, -0.05) is 0 Å². The van der Waals surface area contributed by atoms with Crippen LogP contribution in [0, 0.1) is 0 Å². The third-order valence-electron chi connectivity index (χ3n) is 1.73. The van der Waals surface area contributed by atoms with Crippen LogP contribution in [0.25, 0.3) is 0 Å². The van der Waals surface area contributed by atoms with E-state index in [4.69, 9.17) is 10.7 Å². The van der Waals surface area contributed by atoms with Crippen LogP contribution in [0.3, 0.4) is 0 Å². The van der Waals surface area contributed by atoms with Crippen molar-refractivity contribution in [1.82, 2.24) is 4.98 Å². The fourth-order valence-corrected chi connectivity index (χ4v) is 1.74. The molecule has 0 aliphatic carbocycles. The van der Waals surface area contributed by atoms with Crippen molar-refractivity contribution >= 4 is 25.5 Å².